The smallest absolute Gasteiger partial charge is 0.344 e. The number of halogens is 2. The molecule has 0 aliphatic rings. The third-order valence-electron chi connectivity index (χ3n) is 2.42. The zero-order chi connectivity index (χ0) is 13.1. The lowest BCUT2D eigenvalue weighted by molar-refractivity contribution is -0.160. The minimum absolute atomic E-state index is 0.0654. The molecule has 94 valence electrons. The number of hydrogen-bond donors (Lipinski definition) is 1. The van der Waals surface area contributed by atoms with Crippen LogP contribution in [-0.2, 0) is 15.1 Å². The molecule has 0 heterocycles. The van der Waals surface area contributed by atoms with Gasteiger partial charge in [0.05, 0.1) is 6.61 Å². The number of benzene rings is 1. The molecule has 2 unspecified atom stereocenters. The summed E-state index contributed by atoms with van der Waals surface area (Å²) in [4.78, 5) is 11.2. The Labute approximate surface area is 104 Å². The zero-order valence-corrected chi connectivity index (χ0v) is 10.4. The molecule has 2 atom stereocenters. The Balaban J connectivity index is 2.93. The molecule has 1 aromatic rings. The lowest BCUT2D eigenvalue weighted by Crippen LogP contribution is -2.40. The van der Waals surface area contributed by atoms with Crippen LogP contribution in [0.25, 0.3) is 0 Å². The van der Waals surface area contributed by atoms with Crippen LogP contribution in [-0.4, -0.2) is 23.9 Å². The molecular formula is C12H14ClFO3. The van der Waals surface area contributed by atoms with E-state index < -0.39 is 17.7 Å². The molecule has 0 aliphatic heterocycles. The van der Waals surface area contributed by atoms with Crippen molar-refractivity contribution < 1.29 is 19.0 Å². The van der Waals surface area contributed by atoms with E-state index >= 15 is 0 Å². The van der Waals surface area contributed by atoms with Crippen LogP contribution >= 0.6 is 11.6 Å². The molecule has 0 spiro atoms. The molecule has 0 bridgehead atoms. The highest BCUT2D eigenvalue weighted by Gasteiger charge is 2.40. The summed E-state index contributed by atoms with van der Waals surface area (Å²) in [5.41, 5.74) is -1.67. The van der Waals surface area contributed by atoms with Crippen LogP contribution in [0.4, 0.5) is 4.39 Å². The molecule has 3 nitrogen and oxygen atoms in total. The standard InChI is InChI=1S/C12H14ClFO3/c1-3-17-11(15)10(14)12(2,16)8-4-6-9(13)7-5-8/h4-7,10,16H,3H2,1-2H3. The van der Waals surface area contributed by atoms with Gasteiger partial charge in [0.2, 0.25) is 6.17 Å². The number of carbonyl (C=O) groups excluding carboxylic acids is 1. The fourth-order valence-corrected chi connectivity index (χ4v) is 1.50. The number of esters is 1. The van der Waals surface area contributed by atoms with Gasteiger partial charge in [-0.25, -0.2) is 9.18 Å². The summed E-state index contributed by atoms with van der Waals surface area (Å²) in [7, 11) is 0. The van der Waals surface area contributed by atoms with E-state index in [0.29, 0.717) is 5.02 Å². The fraction of sp³-hybridized carbons (Fsp3) is 0.417. The summed E-state index contributed by atoms with van der Waals surface area (Å²) >= 11 is 5.69. The molecule has 5 heteroatoms. The second-order valence-corrected chi connectivity index (χ2v) is 4.21. The molecule has 1 aromatic carbocycles. The first kappa shape index (κ1) is 13.9. The summed E-state index contributed by atoms with van der Waals surface area (Å²) < 4.78 is 18.3. The Bertz CT molecular complexity index is 389. The van der Waals surface area contributed by atoms with Crippen molar-refractivity contribution in [3.63, 3.8) is 0 Å². The van der Waals surface area contributed by atoms with Gasteiger partial charge in [0.15, 0.2) is 0 Å². The SMILES string of the molecule is CCOC(=O)C(F)C(C)(O)c1ccc(Cl)cc1. The molecule has 0 fully saturated rings. The first-order valence-corrected chi connectivity index (χ1v) is 5.56. The number of aliphatic hydroxyl groups is 1. The molecule has 1 rings (SSSR count). The molecule has 0 aliphatic carbocycles. The van der Waals surface area contributed by atoms with Gasteiger partial charge in [0, 0.05) is 5.02 Å². The Morgan fingerprint density at radius 2 is 2.06 bits per heavy atom. The van der Waals surface area contributed by atoms with Crippen LogP contribution in [0.1, 0.15) is 19.4 Å². The molecule has 0 radical (unpaired) electrons. The molecule has 17 heavy (non-hydrogen) atoms. The number of ether oxygens (including phenoxy) is 1. The Hall–Kier alpha value is -1.13. The highest BCUT2D eigenvalue weighted by molar-refractivity contribution is 6.30. The van der Waals surface area contributed by atoms with Crippen LogP contribution in [0.5, 0.6) is 0 Å². The van der Waals surface area contributed by atoms with Gasteiger partial charge in [-0.05, 0) is 31.5 Å². The zero-order valence-electron chi connectivity index (χ0n) is 9.61. The van der Waals surface area contributed by atoms with Gasteiger partial charge in [-0.15, -0.1) is 0 Å². The van der Waals surface area contributed by atoms with E-state index in [9.17, 15) is 14.3 Å². The molecule has 0 aromatic heterocycles. The molecule has 0 saturated carbocycles. The third-order valence-corrected chi connectivity index (χ3v) is 2.67. The van der Waals surface area contributed by atoms with Crippen LogP contribution in [0, 0.1) is 0 Å². The lowest BCUT2D eigenvalue weighted by atomic mass is 9.91. The lowest BCUT2D eigenvalue weighted by Gasteiger charge is -2.26. The first-order chi connectivity index (χ1) is 7.89. The summed E-state index contributed by atoms with van der Waals surface area (Å²) in [5.74, 6) is -1.08. The highest BCUT2D eigenvalue weighted by atomic mass is 35.5. The van der Waals surface area contributed by atoms with E-state index in [1.54, 1.807) is 6.92 Å². The monoisotopic (exact) mass is 260 g/mol. The predicted octanol–water partition coefficient (Wildman–Crippen LogP) is 2.45. The van der Waals surface area contributed by atoms with Crippen molar-refractivity contribution in [2.24, 2.45) is 0 Å². The largest absolute Gasteiger partial charge is 0.464 e. The minimum atomic E-state index is -2.14. The molecule has 0 saturated heterocycles. The van der Waals surface area contributed by atoms with Crippen LogP contribution < -0.4 is 0 Å². The molecule has 1 N–H and O–H groups in total. The summed E-state index contributed by atoms with van der Waals surface area (Å²) in [6.45, 7) is 2.86. The second kappa shape index (κ2) is 5.47. The van der Waals surface area contributed by atoms with E-state index in [2.05, 4.69) is 4.74 Å². The number of carbonyl (C=O) groups is 1. The van der Waals surface area contributed by atoms with Crippen LogP contribution in [0.3, 0.4) is 0 Å². The van der Waals surface area contributed by atoms with Crippen molar-refractivity contribution >= 4 is 17.6 Å². The van der Waals surface area contributed by atoms with Gasteiger partial charge in [0.25, 0.3) is 0 Å². The van der Waals surface area contributed by atoms with Crippen LogP contribution in [0.2, 0.25) is 5.02 Å². The quantitative estimate of drug-likeness (QED) is 0.846. The average Bonchev–Trinajstić information content (AvgIpc) is 2.29. The van der Waals surface area contributed by atoms with E-state index in [-0.39, 0.29) is 12.2 Å². The Kier molecular flexibility index (Phi) is 4.48. The number of alkyl halides is 1. The van der Waals surface area contributed by atoms with E-state index in [1.165, 1.54) is 31.2 Å². The van der Waals surface area contributed by atoms with Gasteiger partial charge in [-0.1, -0.05) is 23.7 Å². The maximum absolute atomic E-state index is 13.8. The molecule has 0 amide bonds. The van der Waals surface area contributed by atoms with Crippen molar-refractivity contribution in [2.75, 3.05) is 6.61 Å². The van der Waals surface area contributed by atoms with Crippen LogP contribution in [0.15, 0.2) is 24.3 Å². The Morgan fingerprint density at radius 1 is 1.53 bits per heavy atom. The number of rotatable bonds is 4. The number of hydrogen-bond acceptors (Lipinski definition) is 3. The van der Waals surface area contributed by atoms with Crippen molar-refractivity contribution in [1.82, 2.24) is 0 Å². The van der Waals surface area contributed by atoms with Crippen molar-refractivity contribution in [3.05, 3.63) is 34.9 Å². The maximum atomic E-state index is 13.8. The maximum Gasteiger partial charge on any atom is 0.344 e. The predicted molar refractivity (Wildman–Crippen MR) is 62.6 cm³/mol. The van der Waals surface area contributed by atoms with E-state index in [1.807, 2.05) is 0 Å². The highest BCUT2D eigenvalue weighted by Crippen LogP contribution is 2.28. The van der Waals surface area contributed by atoms with Crippen molar-refractivity contribution in [1.29, 1.82) is 0 Å². The summed E-state index contributed by atoms with van der Waals surface area (Å²) in [5, 5.41) is 10.5. The van der Waals surface area contributed by atoms with Crippen molar-refractivity contribution in [2.45, 2.75) is 25.6 Å². The van der Waals surface area contributed by atoms with Gasteiger partial charge in [-0.3, -0.25) is 0 Å². The van der Waals surface area contributed by atoms with Gasteiger partial charge < -0.3 is 9.84 Å². The van der Waals surface area contributed by atoms with Gasteiger partial charge >= 0.3 is 5.97 Å². The topological polar surface area (TPSA) is 46.5 Å². The summed E-state index contributed by atoms with van der Waals surface area (Å²) in [6.07, 6.45) is -2.14. The van der Waals surface area contributed by atoms with Gasteiger partial charge in [-0.2, -0.15) is 0 Å². The third kappa shape index (κ3) is 3.17. The van der Waals surface area contributed by atoms with E-state index in [0.717, 1.165) is 0 Å². The summed E-state index contributed by atoms with van der Waals surface area (Å²) in [6, 6.07) is 5.97. The average molecular weight is 261 g/mol. The minimum Gasteiger partial charge on any atom is -0.464 e. The van der Waals surface area contributed by atoms with Crippen molar-refractivity contribution in [3.8, 4) is 0 Å². The molecular weight excluding hydrogens is 247 g/mol. The Morgan fingerprint density at radius 3 is 2.53 bits per heavy atom. The second-order valence-electron chi connectivity index (χ2n) is 3.77. The van der Waals surface area contributed by atoms with E-state index in [4.69, 9.17) is 11.6 Å². The normalized spacial score (nSPS) is 16.1. The first-order valence-electron chi connectivity index (χ1n) is 5.18. The fourth-order valence-electron chi connectivity index (χ4n) is 1.38. The van der Waals surface area contributed by atoms with Gasteiger partial charge in [0.1, 0.15) is 5.60 Å².